The first-order chi connectivity index (χ1) is 7.74. The molecule has 1 fully saturated rings. The molecule has 2 rings (SSSR count). The van der Waals surface area contributed by atoms with Gasteiger partial charge in [0.25, 0.3) is 0 Å². The van der Waals surface area contributed by atoms with Crippen LogP contribution in [0.4, 0.5) is 0 Å². The van der Waals surface area contributed by atoms with Gasteiger partial charge in [-0.15, -0.1) is 0 Å². The summed E-state index contributed by atoms with van der Waals surface area (Å²) in [6.45, 7) is 2.83. The van der Waals surface area contributed by atoms with E-state index < -0.39 is 0 Å². The summed E-state index contributed by atoms with van der Waals surface area (Å²) >= 11 is 0. The second-order valence-corrected chi connectivity index (χ2v) is 4.62. The van der Waals surface area contributed by atoms with Crippen LogP contribution in [0, 0.1) is 0 Å². The summed E-state index contributed by atoms with van der Waals surface area (Å²) in [5.74, 6) is 0.844. The lowest BCUT2D eigenvalue weighted by Crippen LogP contribution is -2.33. The van der Waals surface area contributed by atoms with Crippen molar-refractivity contribution < 1.29 is 4.74 Å². The summed E-state index contributed by atoms with van der Waals surface area (Å²) in [5.41, 5.74) is 7.34. The normalized spacial score (nSPS) is 18.6. The predicted molar refractivity (Wildman–Crippen MR) is 64.4 cm³/mol. The molecule has 16 heavy (non-hydrogen) atoms. The molecule has 1 aliphatic carbocycles. The highest BCUT2D eigenvalue weighted by Crippen LogP contribution is 2.36. The Morgan fingerprint density at radius 3 is 2.81 bits per heavy atom. The van der Waals surface area contributed by atoms with Crippen molar-refractivity contribution in [2.75, 3.05) is 6.61 Å². The van der Waals surface area contributed by atoms with Gasteiger partial charge in [-0.2, -0.15) is 0 Å². The lowest BCUT2D eigenvalue weighted by atomic mass is 9.91. The summed E-state index contributed by atoms with van der Waals surface area (Å²) < 4.78 is 5.58. The second kappa shape index (κ2) is 4.83. The Bertz CT molecular complexity index is 346. The van der Waals surface area contributed by atoms with Crippen LogP contribution in [-0.2, 0) is 5.54 Å². The molecule has 0 aliphatic heterocycles. The molecule has 2 N–H and O–H groups in total. The van der Waals surface area contributed by atoms with Crippen LogP contribution in [0.1, 0.15) is 44.6 Å². The fourth-order valence-corrected chi connectivity index (χ4v) is 2.28. The summed E-state index contributed by atoms with van der Waals surface area (Å²) in [7, 11) is 0. The SMILES string of the molecule is CCCOc1cncc(C2(N)CCCC2)c1. The molecule has 0 unspecified atom stereocenters. The maximum absolute atomic E-state index is 6.38. The highest BCUT2D eigenvalue weighted by atomic mass is 16.5. The van der Waals surface area contributed by atoms with Crippen LogP contribution in [-0.4, -0.2) is 11.6 Å². The number of nitrogens with two attached hydrogens (primary N) is 1. The Hall–Kier alpha value is -1.09. The lowest BCUT2D eigenvalue weighted by molar-refractivity contribution is 0.314. The molecule has 1 heterocycles. The zero-order valence-electron chi connectivity index (χ0n) is 9.91. The van der Waals surface area contributed by atoms with E-state index in [1.807, 2.05) is 12.3 Å². The monoisotopic (exact) mass is 220 g/mol. The lowest BCUT2D eigenvalue weighted by Gasteiger charge is -2.24. The third kappa shape index (κ3) is 2.35. The Labute approximate surface area is 97.0 Å². The van der Waals surface area contributed by atoms with Gasteiger partial charge < -0.3 is 10.5 Å². The van der Waals surface area contributed by atoms with E-state index in [0.717, 1.165) is 37.2 Å². The first-order valence-corrected chi connectivity index (χ1v) is 6.12. The van der Waals surface area contributed by atoms with Crippen LogP contribution in [0.5, 0.6) is 5.75 Å². The topological polar surface area (TPSA) is 48.1 Å². The number of hydrogen-bond acceptors (Lipinski definition) is 3. The molecule has 1 saturated carbocycles. The summed E-state index contributed by atoms with van der Waals surface area (Å²) in [6.07, 6.45) is 9.21. The molecule has 0 amide bonds. The number of hydrogen-bond donors (Lipinski definition) is 1. The third-order valence-electron chi connectivity index (χ3n) is 3.26. The van der Waals surface area contributed by atoms with Gasteiger partial charge in [0.05, 0.1) is 12.8 Å². The van der Waals surface area contributed by atoms with Crippen LogP contribution < -0.4 is 10.5 Å². The summed E-state index contributed by atoms with van der Waals surface area (Å²) in [6, 6.07) is 2.05. The van der Waals surface area contributed by atoms with Gasteiger partial charge in [0, 0.05) is 11.7 Å². The van der Waals surface area contributed by atoms with Crippen LogP contribution in [0.25, 0.3) is 0 Å². The molecule has 88 valence electrons. The molecule has 0 radical (unpaired) electrons. The van der Waals surface area contributed by atoms with E-state index in [1.54, 1.807) is 6.20 Å². The van der Waals surface area contributed by atoms with Crippen molar-refractivity contribution in [3.63, 3.8) is 0 Å². The average molecular weight is 220 g/mol. The van der Waals surface area contributed by atoms with Crippen molar-refractivity contribution in [1.82, 2.24) is 4.98 Å². The summed E-state index contributed by atoms with van der Waals surface area (Å²) in [4.78, 5) is 4.22. The maximum Gasteiger partial charge on any atom is 0.137 e. The average Bonchev–Trinajstić information content (AvgIpc) is 2.75. The van der Waals surface area contributed by atoms with E-state index in [-0.39, 0.29) is 5.54 Å². The molecule has 3 nitrogen and oxygen atoms in total. The Morgan fingerprint density at radius 2 is 2.12 bits per heavy atom. The minimum absolute atomic E-state index is 0.168. The van der Waals surface area contributed by atoms with Crippen molar-refractivity contribution >= 4 is 0 Å². The number of nitrogens with zero attached hydrogens (tertiary/aromatic N) is 1. The molecule has 1 aromatic heterocycles. The van der Waals surface area contributed by atoms with E-state index >= 15 is 0 Å². The van der Waals surface area contributed by atoms with E-state index in [0.29, 0.717) is 0 Å². The fraction of sp³-hybridized carbons (Fsp3) is 0.615. The number of pyridine rings is 1. The van der Waals surface area contributed by atoms with Crippen molar-refractivity contribution in [2.45, 2.75) is 44.6 Å². The van der Waals surface area contributed by atoms with Crippen LogP contribution >= 0.6 is 0 Å². The van der Waals surface area contributed by atoms with Crippen molar-refractivity contribution in [2.24, 2.45) is 5.73 Å². The molecule has 0 spiro atoms. The zero-order chi connectivity index (χ0) is 11.4. The second-order valence-electron chi connectivity index (χ2n) is 4.62. The van der Waals surface area contributed by atoms with Gasteiger partial charge in [0.1, 0.15) is 5.75 Å². The highest BCUT2D eigenvalue weighted by molar-refractivity contribution is 5.29. The number of aromatic nitrogens is 1. The molecule has 0 aromatic carbocycles. The van der Waals surface area contributed by atoms with Crippen molar-refractivity contribution in [3.8, 4) is 5.75 Å². The Kier molecular flexibility index (Phi) is 3.44. The maximum atomic E-state index is 6.38. The van der Waals surface area contributed by atoms with Gasteiger partial charge in [-0.1, -0.05) is 19.8 Å². The molecule has 0 bridgehead atoms. The molecule has 0 atom stereocenters. The van der Waals surface area contributed by atoms with E-state index in [2.05, 4.69) is 11.9 Å². The predicted octanol–water partition coefficient (Wildman–Crippen LogP) is 2.60. The number of rotatable bonds is 4. The molecular weight excluding hydrogens is 200 g/mol. The van der Waals surface area contributed by atoms with Gasteiger partial charge in [-0.3, -0.25) is 4.98 Å². The van der Waals surface area contributed by atoms with E-state index in [9.17, 15) is 0 Å². The van der Waals surface area contributed by atoms with Gasteiger partial charge in [-0.05, 0) is 30.9 Å². The fourth-order valence-electron chi connectivity index (χ4n) is 2.28. The van der Waals surface area contributed by atoms with Gasteiger partial charge in [-0.25, -0.2) is 0 Å². The van der Waals surface area contributed by atoms with Gasteiger partial charge >= 0.3 is 0 Å². The third-order valence-corrected chi connectivity index (χ3v) is 3.26. The molecular formula is C13H20N2O. The smallest absolute Gasteiger partial charge is 0.137 e. The van der Waals surface area contributed by atoms with Crippen molar-refractivity contribution in [1.29, 1.82) is 0 Å². The quantitative estimate of drug-likeness (QED) is 0.848. The molecule has 1 aliphatic rings. The molecule has 3 heteroatoms. The number of ether oxygens (including phenoxy) is 1. The first-order valence-electron chi connectivity index (χ1n) is 6.12. The van der Waals surface area contributed by atoms with Crippen LogP contribution in [0.3, 0.4) is 0 Å². The summed E-state index contributed by atoms with van der Waals surface area (Å²) in [5, 5.41) is 0. The van der Waals surface area contributed by atoms with Gasteiger partial charge in [0.15, 0.2) is 0 Å². The Morgan fingerprint density at radius 1 is 1.38 bits per heavy atom. The van der Waals surface area contributed by atoms with Gasteiger partial charge in [0.2, 0.25) is 0 Å². The van der Waals surface area contributed by atoms with Crippen LogP contribution in [0.2, 0.25) is 0 Å². The van der Waals surface area contributed by atoms with E-state index in [4.69, 9.17) is 10.5 Å². The van der Waals surface area contributed by atoms with Crippen LogP contribution in [0.15, 0.2) is 18.5 Å². The zero-order valence-corrected chi connectivity index (χ0v) is 9.91. The first kappa shape index (κ1) is 11.4. The largest absolute Gasteiger partial charge is 0.492 e. The minimum Gasteiger partial charge on any atom is -0.492 e. The van der Waals surface area contributed by atoms with Crippen molar-refractivity contribution in [3.05, 3.63) is 24.0 Å². The Balaban J connectivity index is 2.15. The molecule has 0 saturated heterocycles. The standard InChI is InChI=1S/C13H20N2O/c1-2-7-16-12-8-11(9-15-10-12)13(14)5-3-4-6-13/h8-10H,2-7,14H2,1H3. The highest BCUT2D eigenvalue weighted by Gasteiger charge is 2.31. The molecule has 1 aromatic rings. The van der Waals surface area contributed by atoms with E-state index in [1.165, 1.54) is 12.8 Å². The minimum atomic E-state index is -0.168.